The van der Waals surface area contributed by atoms with Gasteiger partial charge in [0.2, 0.25) is 5.91 Å². The summed E-state index contributed by atoms with van der Waals surface area (Å²) in [6, 6.07) is 22.7. The molecule has 0 saturated heterocycles. The van der Waals surface area contributed by atoms with Gasteiger partial charge in [-0.15, -0.1) is 0 Å². The van der Waals surface area contributed by atoms with Crippen molar-refractivity contribution in [3.05, 3.63) is 105 Å². The lowest BCUT2D eigenvalue weighted by Gasteiger charge is -2.17. The van der Waals surface area contributed by atoms with Crippen LogP contribution in [0.3, 0.4) is 0 Å². The van der Waals surface area contributed by atoms with Crippen LogP contribution in [0.2, 0.25) is 10.2 Å². The fourth-order valence-electron chi connectivity index (χ4n) is 4.24. The van der Waals surface area contributed by atoms with Crippen molar-refractivity contribution in [3.8, 4) is 11.3 Å². The number of nitrogens with one attached hydrogen (secondary N) is 2. The standard InChI is InChI=1S/C27H22Cl2N6O/c28-18-8-4-7-16(11-18)13-20(26(31)36)21(12-15-5-2-1-3-6-15)27-32-23(24(29)33-27)17-9-10-19-22(14-17)34-35-25(19)30/h1-11,13-14,21H,12H2,(H2,31,36)(H,32,33)(H3,30,34,35)/t21-/m0/s1. The molecule has 0 spiro atoms. The number of imidazole rings is 1. The van der Waals surface area contributed by atoms with Gasteiger partial charge in [-0.2, -0.15) is 5.10 Å². The molecule has 7 nitrogen and oxygen atoms in total. The predicted molar refractivity (Wildman–Crippen MR) is 145 cm³/mol. The third kappa shape index (κ3) is 4.84. The maximum atomic E-state index is 12.7. The quantitative estimate of drug-likeness (QED) is 0.206. The van der Waals surface area contributed by atoms with Crippen molar-refractivity contribution < 1.29 is 4.79 Å². The first kappa shape index (κ1) is 23.7. The highest BCUT2D eigenvalue weighted by molar-refractivity contribution is 6.32. The topological polar surface area (TPSA) is 126 Å². The summed E-state index contributed by atoms with van der Waals surface area (Å²) in [6.45, 7) is 0. The zero-order valence-electron chi connectivity index (χ0n) is 19.0. The monoisotopic (exact) mass is 516 g/mol. The minimum absolute atomic E-state index is 0.349. The molecule has 1 amide bonds. The summed E-state index contributed by atoms with van der Waals surface area (Å²) < 4.78 is 0. The van der Waals surface area contributed by atoms with Gasteiger partial charge in [0.1, 0.15) is 16.7 Å². The molecular formula is C27H22Cl2N6O. The molecule has 0 unspecified atom stereocenters. The van der Waals surface area contributed by atoms with Crippen LogP contribution in [0.1, 0.15) is 22.9 Å². The Hall–Kier alpha value is -4.07. The summed E-state index contributed by atoms with van der Waals surface area (Å²) in [5.41, 5.74) is 16.0. The molecule has 2 heterocycles. The number of benzene rings is 3. The van der Waals surface area contributed by atoms with E-state index < -0.39 is 11.8 Å². The highest BCUT2D eigenvalue weighted by atomic mass is 35.5. The van der Waals surface area contributed by atoms with Crippen LogP contribution in [0.4, 0.5) is 5.82 Å². The van der Waals surface area contributed by atoms with Crippen LogP contribution in [0.5, 0.6) is 0 Å². The lowest BCUT2D eigenvalue weighted by Crippen LogP contribution is -2.22. The first-order valence-electron chi connectivity index (χ1n) is 11.2. The Morgan fingerprint density at radius 2 is 1.83 bits per heavy atom. The molecule has 0 bridgehead atoms. The maximum Gasteiger partial charge on any atom is 0.245 e. The Morgan fingerprint density at radius 3 is 2.58 bits per heavy atom. The largest absolute Gasteiger partial charge is 0.382 e. The molecule has 1 atom stereocenters. The highest BCUT2D eigenvalue weighted by Crippen LogP contribution is 2.35. The van der Waals surface area contributed by atoms with Gasteiger partial charge in [-0.05, 0) is 47.9 Å². The summed E-state index contributed by atoms with van der Waals surface area (Å²) in [7, 11) is 0. The molecule has 9 heteroatoms. The number of fused-ring (bicyclic) bond motifs is 1. The number of amides is 1. The van der Waals surface area contributed by atoms with E-state index in [4.69, 9.17) is 39.7 Å². The molecule has 0 radical (unpaired) electrons. The minimum Gasteiger partial charge on any atom is -0.382 e. The number of H-pyrrole nitrogens is 2. The first-order valence-corrected chi connectivity index (χ1v) is 11.9. The number of primary amides is 1. The number of aromatic amines is 2. The van der Waals surface area contributed by atoms with E-state index in [9.17, 15) is 4.79 Å². The highest BCUT2D eigenvalue weighted by Gasteiger charge is 2.26. The lowest BCUT2D eigenvalue weighted by atomic mass is 9.89. The Bertz CT molecular complexity index is 1590. The summed E-state index contributed by atoms with van der Waals surface area (Å²) in [6.07, 6.45) is 2.23. The minimum atomic E-state index is -0.556. The van der Waals surface area contributed by atoms with Crippen LogP contribution in [0.25, 0.3) is 28.2 Å². The molecule has 180 valence electrons. The van der Waals surface area contributed by atoms with Crippen molar-refractivity contribution in [2.45, 2.75) is 12.3 Å². The summed E-state index contributed by atoms with van der Waals surface area (Å²) >= 11 is 12.8. The number of anilines is 1. The summed E-state index contributed by atoms with van der Waals surface area (Å²) in [5, 5.41) is 8.67. The van der Waals surface area contributed by atoms with Gasteiger partial charge in [0.05, 0.1) is 11.4 Å². The molecule has 0 saturated carbocycles. The third-order valence-electron chi connectivity index (χ3n) is 5.99. The number of nitrogens with zero attached hydrogens (tertiary/aromatic N) is 2. The second kappa shape index (κ2) is 9.89. The number of nitrogen functional groups attached to an aromatic ring is 1. The number of carbonyl (C=O) groups is 1. The number of rotatable bonds is 7. The van der Waals surface area contributed by atoms with Gasteiger partial charge in [-0.3, -0.25) is 9.89 Å². The van der Waals surface area contributed by atoms with Crippen molar-refractivity contribution in [3.63, 3.8) is 0 Å². The first-order chi connectivity index (χ1) is 17.4. The smallest absolute Gasteiger partial charge is 0.245 e. The van der Waals surface area contributed by atoms with E-state index in [2.05, 4.69) is 15.2 Å². The van der Waals surface area contributed by atoms with Crippen LogP contribution < -0.4 is 11.5 Å². The van der Waals surface area contributed by atoms with E-state index in [0.29, 0.717) is 39.5 Å². The van der Waals surface area contributed by atoms with Gasteiger partial charge in [-0.1, -0.05) is 71.7 Å². The van der Waals surface area contributed by atoms with Crippen molar-refractivity contribution in [2.24, 2.45) is 5.73 Å². The van der Waals surface area contributed by atoms with Crippen LogP contribution in [-0.2, 0) is 11.2 Å². The Balaban J connectivity index is 1.61. The van der Waals surface area contributed by atoms with E-state index in [1.165, 1.54) is 0 Å². The molecule has 5 rings (SSSR count). The van der Waals surface area contributed by atoms with Gasteiger partial charge in [0.15, 0.2) is 5.82 Å². The molecule has 0 aliphatic heterocycles. The zero-order valence-corrected chi connectivity index (χ0v) is 20.5. The number of aromatic nitrogens is 4. The van der Waals surface area contributed by atoms with E-state index >= 15 is 0 Å². The third-order valence-corrected chi connectivity index (χ3v) is 6.50. The van der Waals surface area contributed by atoms with Crippen LogP contribution in [0, 0.1) is 0 Å². The molecule has 3 aromatic carbocycles. The van der Waals surface area contributed by atoms with Gasteiger partial charge >= 0.3 is 0 Å². The van der Waals surface area contributed by atoms with Crippen molar-refractivity contribution in [2.75, 3.05) is 5.73 Å². The zero-order chi connectivity index (χ0) is 25.2. The Kier molecular flexibility index (Phi) is 6.50. The van der Waals surface area contributed by atoms with E-state index in [0.717, 1.165) is 27.6 Å². The number of halogens is 2. The molecule has 0 aliphatic rings. The normalized spacial score (nSPS) is 12.7. The van der Waals surface area contributed by atoms with Crippen LogP contribution in [0.15, 0.2) is 78.4 Å². The average molecular weight is 517 g/mol. The van der Waals surface area contributed by atoms with Gasteiger partial charge in [0, 0.05) is 21.5 Å². The fraction of sp³-hybridized carbons (Fsp3) is 0.0741. The Morgan fingerprint density at radius 1 is 1.03 bits per heavy atom. The van der Waals surface area contributed by atoms with Gasteiger partial charge in [-0.25, -0.2) is 4.98 Å². The van der Waals surface area contributed by atoms with Crippen molar-refractivity contribution in [1.29, 1.82) is 0 Å². The number of hydrogen-bond donors (Lipinski definition) is 4. The molecule has 36 heavy (non-hydrogen) atoms. The van der Waals surface area contributed by atoms with Crippen molar-refractivity contribution >= 4 is 51.9 Å². The maximum absolute atomic E-state index is 12.7. The van der Waals surface area contributed by atoms with E-state index in [-0.39, 0.29) is 0 Å². The van der Waals surface area contributed by atoms with Crippen molar-refractivity contribution in [1.82, 2.24) is 20.2 Å². The second-order valence-electron chi connectivity index (χ2n) is 8.42. The SMILES string of the molecule is NC(=O)C(=Cc1cccc(Cl)c1)[C@H](Cc1ccccc1)c1nc(-c2ccc3c(N)n[nH]c3c2)c(Cl)[nH]1. The molecule has 5 aromatic rings. The fourth-order valence-corrected chi connectivity index (χ4v) is 4.68. The molecule has 2 aromatic heterocycles. The summed E-state index contributed by atoms with van der Waals surface area (Å²) in [4.78, 5) is 20.7. The van der Waals surface area contributed by atoms with Crippen LogP contribution in [-0.4, -0.2) is 26.1 Å². The van der Waals surface area contributed by atoms with Gasteiger partial charge < -0.3 is 16.5 Å². The number of carbonyl (C=O) groups excluding carboxylic acids is 1. The number of nitrogens with two attached hydrogens (primary N) is 2. The van der Waals surface area contributed by atoms with E-state index in [1.54, 1.807) is 18.2 Å². The molecule has 0 aliphatic carbocycles. The molecule has 0 fully saturated rings. The predicted octanol–water partition coefficient (Wildman–Crippen LogP) is 5.74. The van der Waals surface area contributed by atoms with Crippen LogP contribution >= 0.6 is 23.2 Å². The number of hydrogen-bond acceptors (Lipinski definition) is 4. The lowest BCUT2D eigenvalue weighted by molar-refractivity contribution is -0.114. The summed E-state index contributed by atoms with van der Waals surface area (Å²) in [5.74, 6) is -0.0957. The Labute approximate surface area is 217 Å². The van der Waals surface area contributed by atoms with E-state index in [1.807, 2.05) is 60.7 Å². The molecule has 6 N–H and O–H groups in total. The second-order valence-corrected chi connectivity index (χ2v) is 9.23. The molecular weight excluding hydrogens is 495 g/mol. The average Bonchev–Trinajstić information content (AvgIpc) is 3.44. The van der Waals surface area contributed by atoms with Gasteiger partial charge in [0.25, 0.3) is 0 Å².